The van der Waals surface area contributed by atoms with E-state index in [2.05, 4.69) is 29.8 Å². The smallest absolute Gasteiger partial charge is 0.329 e. The molecule has 3 heteroatoms. The molecule has 0 aromatic heterocycles. The molecule has 0 amide bonds. The van der Waals surface area contributed by atoms with E-state index in [0.29, 0.717) is 0 Å². The van der Waals surface area contributed by atoms with Crippen molar-refractivity contribution in [3.63, 3.8) is 0 Å². The summed E-state index contributed by atoms with van der Waals surface area (Å²) in [7, 11) is 1.99. The summed E-state index contributed by atoms with van der Waals surface area (Å²) in [5.74, 6) is 0.940. The Morgan fingerprint density at radius 1 is 1.70 bits per heavy atom. The molecule has 2 nitrogen and oxygen atoms in total. The molecule has 0 radical (unpaired) electrons. The quantitative estimate of drug-likeness (QED) is 0.548. The Morgan fingerprint density at radius 3 is 2.50 bits per heavy atom. The van der Waals surface area contributed by atoms with Crippen LogP contribution in [0.1, 0.15) is 13.8 Å². The second-order valence-corrected chi connectivity index (χ2v) is 3.32. The van der Waals surface area contributed by atoms with Crippen molar-refractivity contribution < 1.29 is 9.31 Å². The largest absolute Gasteiger partial charge is 0.408 e. The van der Waals surface area contributed by atoms with Crippen molar-refractivity contribution in [3.8, 4) is 0 Å². The van der Waals surface area contributed by atoms with Crippen LogP contribution in [0.25, 0.3) is 0 Å². The lowest BCUT2D eigenvalue weighted by molar-refractivity contribution is -0.552. The molecule has 0 saturated carbocycles. The minimum atomic E-state index is -0.0104. The highest BCUT2D eigenvalue weighted by atomic mass is 79.9. The molecule has 0 aromatic rings. The lowest BCUT2D eigenvalue weighted by Gasteiger charge is -2.11. The van der Waals surface area contributed by atoms with Crippen molar-refractivity contribution in [1.29, 1.82) is 0 Å². The van der Waals surface area contributed by atoms with Gasteiger partial charge in [0.1, 0.15) is 7.05 Å². The van der Waals surface area contributed by atoms with E-state index >= 15 is 0 Å². The molecule has 56 valence electrons. The molecule has 1 heterocycles. The minimum absolute atomic E-state index is 0.0104. The van der Waals surface area contributed by atoms with Gasteiger partial charge in [-0.25, -0.2) is 0 Å². The summed E-state index contributed by atoms with van der Waals surface area (Å²) in [5, 5.41) is 0. The standard InChI is InChI=1S/C7H11BrNO/c1-7(2)6(4-8)10-5-9(7)3/h4-5H,1-3H3/q+1/b6-4-. The van der Waals surface area contributed by atoms with Gasteiger partial charge in [0.2, 0.25) is 5.54 Å². The molecule has 10 heavy (non-hydrogen) atoms. The molecule has 0 N–H and O–H groups in total. The number of nitrogens with zero attached hydrogens (tertiary/aromatic N) is 1. The number of halogens is 1. The van der Waals surface area contributed by atoms with Gasteiger partial charge in [-0.15, -0.1) is 0 Å². The normalized spacial score (nSPS) is 26.4. The predicted molar refractivity (Wildman–Crippen MR) is 44.4 cm³/mol. The average Bonchev–Trinajstić information content (AvgIpc) is 2.10. The van der Waals surface area contributed by atoms with Crippen LogP contribution in [-0.2, 0) is 4.74 Å². The van der Waals surface area contributed by atoms with E-state index in [-0.39, 0.29) is 5.54 Å². The molecule has 0 fully saturated rings. The maximum Gasteiger partial charge on any atom is 0.329 e. The van der Waals surface area contributed by atoms with Gasteiger partial charge in [0.05, 0.1) is 0 Å². The van der Waals surface area contributed by atoms with Crippen molar-refractivity contribution in [2.75, 3.05) is 7.05 Å². The average molecular weight is 205 g/mol. The molecule has 0 unspecified atom stereocenters. The van der Waals surface area contributed by atoms with Crippen LogP contribution in [0.2, 0.25) is 0 Å². The number of likely N-dealkylation sites (N-methyl/N-ethyl adjacent to an activating group) is 1. The highest BCUT2D eigenvalue weighted by Gasteiger charge is 2.39. The van der Waals surface area contributed by atoms with Crippen LogP contribution < -0.4 is 0 Å². The fourth-order valence-corrected chi connectivity index (χ4v) is 1.41. The van der Waals surface area contributed by atoms with Gasteiger partial charge in [-0.3, -0.25) is 0 Å². The Bertz CT molecular complexity index is 206. The van der Waals surface area contributed by atoms with Crippen LogP contribution in [-0.4, -0.2) is 23.6 Å². The van der Waals surface area contributed by atoms with E-state index in [4.69, 9.17) is 4.74 Å². The third-order valence-electron chi connectivity index (χ3n) is 1.92. The summed E-state index contributed by atoms with van der Waals surface area (Å²) in [6.07, 6.45) is 1.72. The van der Waals surface area contributed by atoms with Gasteiger partial charge in [-0.2, -0.15) is 4.58 Å². The predicted octanol–water partition coefficient (Wildman–Crippen LogP) is 1.70. The molecular weight excluding hydrogens is 194 g/mol. The highest BCUT2D eigenvalue weighted by molar-refractivity contribution is 9.11. The van der Waals surface area contributed by atoms with Crippen LogP contribution in [0, 0.1) is 0 Å². The van der Waals surface area contributed by atoms with Crippen molar-refractivity contribution in [2.45, 2.75) is 19.4 Å². The summed E-state index contributed by atoms with van der Waals surface area (Å²) in [4.78, 5) is 1.81. The van der Waals surface area contributed by atoms with Crippen molar-refractivity contribution in [3.05, 3.63) is 10.7 Å². The topological polar surface area (TPSA) is 12.2 Å². The molecular formula is C7H11BrNO+. The van der Waals surface area contributed by atoms with Crippen LogP contribution in [0.4, 0.5) is 0 Å². The lowest BCUT2D eigenvalue weighted by Crippen LogP contribution is -2.30. The minimum Gasteiger partial charge on any atom is -0.408 e. The maximum absolute atomic E-state index is 5.24. The second kappa shape index (κ2) is 2.38. The van der Waals surface area contributed by atoms with Crippen LogP contribution in [0.15, 0.2) is 10.7 Å². The fraction of sp³-hybridized carbons (Fsp3) is 0.571. The Kier molecular flexibility index (Phi) is 1.86. The van der Waals surface area contributed by atoms with Crippen molar-refractivity contribution >= 4 is 22.3 Å². The Labute approximate surface area is 69.3 Å². The number of hydrogen-bond acceptors (Lipinski definition) is 1. The Morgan fingerprint density at radius 2 is 2.30 bits per heavy atom. The SMILES string of the molecule is C[N+]1=CO/C(=C\Br)C1(C)C. The monoisotopic (exact) mass is 204 g/mol. The molecule has 0 saturated heterocycles. The van der Waals surface area contributed by atoms with Gasteiger partial charge in [0, 0.05) is 18.8 Å². The van der Waals surface area contributed by atoms with E-state index in [1.165, 1.54) is 0 Å². The Hall–Kier alpha value is -0.310. The first-order chi connectivity index (χ1) is 4.59. The van der Waals surface area contributed by atoms with Gasteiger partial charge in [-0.05, 0) is 0 Å². The van der Waals surface area contributed by atoms with Crippen LogP contribution in [0.5, 0.6) is 0 Å². The highest BCUT2D eigenvalue weighted by Crippen LogP contribution is 2.25. The van der Waals surface area contributed by atoms with Crippen LogP contribution in [0.3, 0.4) is 0 Å². The van der Waals surface area contributed by atoms with E-state index < -0.39 is 0 Å². The first-order valence-electron chi connectivity index (χ1n) is 3.13. The zero-order valence-corrected chi connectivity index (χ0v) is 7.97. The molecule has 0 atom stereocenters. The third-order valence-corrected chi connectivity index (χ3v) is 2.34. The number of hydrogen-bond donors (Lipinski definition) is 0. The Balaban J connectivity index is 2.95. The van der Waals surface area contributed by atoms with Gasteiger partial charge >= 0.3 is 6.40 Å². The lowest BCUT2D eigenvalue weighted by atomic mass is 10.0. The number of rotatable bonds is 0. The van der Waals surface area contributed by atoms with Gasteiger partial charge < -0.3 is 4.74 Å². The van der Waals surface area contributed by atoms with Crippen molar-refractivity contribution in [2.24, 2.45) is 0 Å². The van der Waals surface area contributed by atoms with E-state index in [0.717, 1.165) is 5.76 Å². The van der Waals surface area contributed by atoms with E-state index in [1.807, 2.05) is 16.6 Å². The molecule has 0 bridgehead atoms. The first kappa shape index (κ1) is 7.79. The zero-order valence-electron chi connectivity index (χ0n) is 6.39. The molecule has 1 aliphatic rings. The fourth-order valence-electron chi connectivity index (χ4n) is 0.745. The van der Waals surface area contributed by atoms with Crippen LogP contribution >= 0.6 is 15.9 Å². The molecule has 0 spiro atoms. The van der Waals surface area contributed by atoms with Gasteiger partial charge in [0.15, 0.2) is 5.76 Å². The van der Waals surface area contributed by atoms with E-state index in [9.17, 15) is 0 Å². The third kappa shape index (κ3) is 0.985. The van der Waals surface area contributed by atoms with Gasteiger partial charge in [0.25, 0.3) is 0 Å². The summed E-state index contributed by atoms with van der Waals surface area (Å²) in [6.45, 7) is 4.20. The first-order valence-corrected chi connectivity index (χ1v) is 4.04. The summed E-state index contributed by atoms with van der Waals surface area (Å²) < 4.78 is 7.27. The van der Waals surface area contributed by atoms with E-state index in [1.54, 1.807) is 6.40 Å². The second-order valence-electron chi connectivity index (χ2n) is 2.87. The molecule has 1 rings (SSSR count). The summed E-state index contributed by atoms with van der Waals surface area (Å²) >= 11 is 3.25. The van der Waals surface area contributed by atoms with Crippen molar-refractivity contribution in [1.82, 2.24) is 0 Å². The number of ether oxygens (including phenoxy) is 1. The maximum atomic E-state index is 5.24. The molecule has 0 aliphatic carbocycles. The molecule has 1 aliphatic heterocycles. The zero-order chi connectivity index (χ0) is 7.78. The molecule has 0 aromatic carbocycles. The summed E-state index contributed by atoms with van der Waals surface area (Å²) in [5.41, 5.74) is -0.0104. The summed E-state index contributed by atoms with van der Waals surface area (Å²) in [6, 6.07) is 0. The van der Waals surface area contributed by atoms with Gasteiger partial charge in [-0.1, -0.05) is 15.9 Å².